The molecular formula is C12H25NO3S. The van der Waals surface area contributed by atoms with Crippen molar-refractivity contribution in [1.29, 1.82) is 0 Å². The summed E-state index contributed by atoms with van der Waals surface area (Å²) in [4.78, 5) is 0. The van der Waals surface area contributed by atoms with Gasteiger partial charge in [0.05, 0.1) is 11.4 Å². The lowest BCUT2D eigenvalue weighted by molar-refractivity contribution is -0.0489. The smallest absolute Gasteiger partial charge is 0.150 e. The Morgan fingerprint density at radius 2 is 2.12 bits per heavy atom. The van der Waals surface area contributed by atoms with E-state index in [4.69, 9.17) is 0 Å². The number of rotatable bonds is 6. The maximum absolute atomic E-state index is 11.4. The standard InChI is InChI=1S/C12H25NO3S/c1-3-11-10-13-8-7-12(11,14)6-5-9-17(15,16)4-2/h11,13-14H,3-10H2,1-2H3. The van der Waals surface area contributed by atoms with Gasteiger partial charge in [0.2, 0.25) is 0 Å². The Labute approximate surface area is 105 Å². The van der Waals surface area contributed by atoms with Crippen molar-refractivity contribution in [3.8, 4) is 0 Å². The fourth-order valence-electron chi connectivity index (χ4n) is 2.57. The number of aliphatic hydroxyl groups is 1. The Morgan fingerprint density at radius 1 is 1.41 bits per heavy atom. The zero-order valence-electron chi connectivity index (χ0n) is 10.9. The Hall–Kier alpha value is -0.130. The van der Waals surface area contributed by atoms with Gasteiger partial charge < -0.3 is 10.4 Å². The molecule has 0 aromatic heterocycles. The van der Waals surface area contributed by atoms with Crippen molar-refractivity contribution < 1.29 is 13.5 Å². The molecule has 0 saturated carbocycles. The largest absolute Gasteiger partial charge is 0.390 e. The molecule has 0 aliphatic carbocycles. The van der Waals surface area contributed by atoms with Crippen LogP contribution in [-0.2, 0) is 9.84 Å². The summed E-state index contributed by atoms with van der Waals surface area (Å²) in [6.45, 7) is 5.41. The molecule has 0 bridgehead atoms. The Balaban J connectivity index is 2.48. The van der Waals surface area contributed by atoms with E-state index in [1.165, 1.54) is 0 Å². The number of hydrogen-bond donors (Lipinski definition) is 2. The van der Waals surface area contributed by atoms with Crippen molar-refractivity contribution in [1.82, 2.24) is 5.32 Å². The summed E-state index contributed by atoms with van der Waals surface area (Å²) < 4.78 is 22.8. The molecule has 0 aromatic rings. The number of hydrogen-bond acceptors (Lipinski definition) is 4. The van der Waals surface area contributed by atoms with Crippen molar-refractivity contribution in [2.24, 2.45) is 5.92 Å². The lowest BCUT2D eigenvalue weighted by Gasteiger charge is -2.40. The first-order valence-corrected chi connectivity index (χ1v) is 8.39. The molecule has 0 radical (unpaired) electrons. The van der Waals surface area contributed by atoms with Gasteiger partial charge in [0.15, 0.2) is 0 Å². The molecule has 2 atom stereocenters. The fraction of sp³-hybridized carbons (Fsp3) is 1.00. The molecule has 1 saturated heterocycles. The molecule has 1 fully saturated rings. The van der Waals surface area contributed by atoms with Crippen molar-refractivity contribution in [3.63, 3.8) is 0 Å². The van der Waals surface area contributed by atoms with Gasteiger partial charge in [-0.2, -0.15) is 0 Å². The topological polar surface area (TPSA) is 66.4 Å². The van der Waals surface area contributed by atoms with Crippen molar-refractivity contribution in [2.45, 2.75) is 45.1 Å². The summed E-state index contributed by atoms with van der Waals surface area (Å²) in [5, 5.41) is 13.8. The summed E-state index contributed by atoms with van der Waals surface area (Å²) in [5.74, 6) is 0.653. The van der Waals surface area contributed by atoms with E-state index < -0.39 is 15.4 Å². The second kappa shape index (κ2) is 6.16. The summed E-state index contributed by atoms with van der Waals surface area (Å²) in [7, 11) is -2.90. The predicted molar refractivity (Wildman–Crippen MR) is 69.8 cm³/mol. The van der Waals surface area contributed by atoms with Crippen molar-refractivity contribution >= 4 is 9.84 Å². The molecule has 1 rings (SSSR count). The molecule has 1 aliphatic rings. The molecule has 17 heavy (non-hydrogen) atoms. The van der Waals surface area contributed by atoms with Crippen LogP contribution in [0.5, 0.6) is 0 Å². The van der Waals surface area contributed by atoms with Crippen LogP contribution in [0.3, 0.4) is 0 Å². The number of piperidine rings is 1. The molecule has 4 nitrogen and oxygen atoms in total. The van der Waals surface area contributed by atoms with Gasteiger partial charge in [-0.1, -0.05) is 13.8 Å². The SMILES string of the molecule is CCC1CNCCC1(O)CCCS(=O)(=O)CC. The summed E-state index contributed by atoms with van der Waals surface area (Å²) >= 11 is 0. The van der Waals surface area contributed by atoms with Gasteiger partial charge in [0, 0.05) is 12.3 Å². The van der Waals surface area contributed by atoms with Gasteiger partial charge in [-0.25, -0.2) is 8.42 Å². The highest BCUT2D eigenvalue weighted by Crippen LogP contribution is 2.31. The second-order valence-electron chi connectivity index (χ2n) is 5.00. The highest BCUT2D eigenvalue weighted by molar-refractivity contribution is 7.91. The average molecular weight is 263 g/mol. The van der Waals surface area contributed by atoms with Crippen LogP contribution in [0, 0.1) is 5.92 Å². The molecule has 2 unspecified atom stereocenters. The Kier molecular flexibility index (Phi) is 5.41. The van der Waals surface area contributed by atoms with Gasteiger partial charge in [-0.05, 0) is 38.1 Å². The monoisotopic (exact) mass is 263 g/mol. The summed E-state index contributed by atoms with van der Waals surface area (Å²) in [5.41, 5.74) is -0.663. The van der Waals surface area contributed by atoms with Crippen molar-refractivity contribution in [3.05, 3.63) is 0 Å². The zero-order valence-corrected chi connectivity index (χ0v) is 11.7. The van der Waals surface area contributed by atoms with E-state index in [2.05, 4.69) is 12.2 Å². The van der Waals surface area contributed by atoms with Gasteiger partial charge in [-0.15, -0.1) is 0 Å². The van der Waals surface area contributed by atoms with E-state index in [1.54, 1.807) is 6.92 Å². The molecule has 0 amide bonds. The van der Waals surface area contributed by atoms with Crippen LogP contribution < -0.4 is 5.32 Å². The molecule has 102 valence electrons. The van der Waals surface area contributed by atoms with Gasteiger partial charge in [0.1, 0.15) is 9.84 Å². The van der Waals surface area contributed by atoms with Crippen molar-refractivity contribution in [2.75, 3.05) is 24.6 Å². The van der Waals surface area contributed by atoms with Gasteiger partial charge >= 0.3 is 0 Å². The van der Waals surface area contributed by atoms with Crippen LogP contribution in [0.15, 0.2) is 0 Å². The molecule has 0 aromatic carbocycles. The molecule has 0 spiro atoms. The lowest BCUT2D eigenvalue weighted by Crippen LogP contribution is -2.50. The number of nitrogens with one attached hydrogen (secondary N) is 1. The summed E-state index contributed by atoms with van der Waals surface area (Å²) in [6, 6.07) is 0. The molecule has 5 heteroatoms. The maximum Gasteiger partial charge on any atom is 0.150 e. The summed E-state index contributed by atoms with van der Waals surface area (Å²) in [6.07, 6.45) is 2.84. The minimum atomic E-state index is -2.90. The molecule has 1 aliphatic heterocycles. The van der Waals surface area contributed by atoms with E-state index in [1.807, 2.05) is 0 Å². The normalized spacial score (nSPS) is 30.4. The third-order valence-electron chi connectivity index (χ3n) is 3.88. The predicted octanol–water partition coefficient (Wildman–Crippen LogP) is 0.952. The Morgan fingerprint density at radius 3 is 2.71 bits per heavy atom. The molecular weight excluding hydrogens is 238 g/mol. The molecule has 1 heterocycles. The van der Waals surface area contributed by atoms with Gasteiger partial charge in [-0.3, -0.25) is 0 Å². The third-order valence-corrected chi connectivity index (χ3v) is 5.67. The van der Waals surface area contributed by atoms with Crippen LogP contribution in [0.25, 0.3) is 0 Å². The first-order chi connectivity index (χ1) is 7.93. The van der Waals surface area contributed by atoms with E-state index in [0.717, 1.165) is 25.9 Å². The quantitative estimate of drug-likeness (QED) is 0.749. The highest BCUT2D eigenvalue weighted by atomic mass is 32.2. The second-order valence-corrected chi connectivity index (χ2v) is 7.48. The third kappa shape index (κ3) is 4.23. The van der Waals surface area contributed by atoms with E-state index in [9.17, 15) is 13.5 Å². The fourth-order valence-corrected chi connectivity index (χ4v) is 3.44. The van der Waals surface area contributed by atoms with Crippen LogP contribution in [-0.4, -0.2) is 43.7 Å². The lowest BCUT2D eigenvalue weighted by atomic mass is 9.77. The van der Waals surface area contributed by atoms with E-state index in [0.29, 0.717) is 12.8 Å². The average Bonchev–Trinajstić information content (AvgIpc) is 2.29. The number of sulfone groups is 1. The maximum atomic E-state index is 11.4. The van der Waals surface area contributed by atoms with Crippen LogP contribution in [0.4, 0.5) is 0 Å². The van der Waals surface area contributed by atoms with Crippen LogP contribution in [0.1, 0.15) is 39.5 Å². The minimum Gasteiger partial charge on any atom is -0.390 e. The first kappa shape index (κ1) is 14.9. The molecule has 2 N–H and O–H groups in total. The van der Waals surface area contributed by atoms with Crippen LogP contribution >= 0.6 is 0 Å². The van der Waals surface area contributed by atoms with Crippen LogP contribution in [0.2, 0.25) is 0 Å². The highest BCUT2D eigenvalue weighted by Gasteiger charge is 2.37. The Bertz CT molecular complexity index is 329. The minimum absolute atomic E-state index is 0.199. The van der Waals surface area contributed by atoms with Gasteiger partial charge in [0.25, 0.3) is 0 Å². The zero-order chi connectivity index (χ0) is 12.9. The van der Waals surface area contributed by atoms with E-state index in [-0.39, 0.29) is 17.4 Å². The first-order valence-electron chi connectivity index (χ1n) is 6.57. The van der Waals surface area contributed by atoms with E-state index >= 15 is 0 Å².